The van der Waals surface area contributed by atoms with Crippen LogP contribution in [0.5, 0.6) is 5.88 Å². The van der Waals surface area contributed by atoms with Crippen LogP contribution in [0, 0.1) is 22.7 Å². The summed E-state index contributed by atoms with van der Waals surface area (Å²) in [5.41, 5.74) is 1.19. The van der Waals surface area contributed by atoms with Crippen molar-refractivity contribution in [1.29, 1.82) is 10.5 Å². The average molecular weight is 586 g/mol. The molecule has 0 saturated heterocycles. The molecule has 214 valence electrons. The molecule has 11 nitrogen and oxygen atoms in total. The Hall–Kier alpha value is -4.88. The second-order valence-electron chi connectivity index (χ2n) is 9.48. The number of ether oxygens (including phenoxy) is 2. The largest absolute Gasteiger partial charge is 0.492 e. The molecule has 0 amide bonds. The lowest BCUT2D eigenvalue weighted by molar-refractivity contribution is 0.0557. The fourth-order valence-electron chi connectivity index (χ4n) is 4.40. The number of aromatic hydroxyl groups is 1. The molecular formula is C30H27N5O6S. The summed E-state index contributed by atoms with van der Waals surface area (Å²) in [7, 11) is -3.17. The zero-order chi connectivity index (χ0) is 30.4. The van der Waals surface area contributed by atoms with Crippen LogP contribution in [0.1, 0.15) is 42.4 Å². The van der Waals surface area contributed by atoms with E-state index in [0.29, 0.717) is 27.8 Å². The molecule has 12 heteroatoms. The molecule has 0 aliphatic rings. The van der Waals surface area contributed by atoms with Crippen molar-refractivity contribution in [2.24, 2.45) is 0 Å². The van der Waals surface area contributed by atoms with E-state index in [2.05, 4.69) is 16.0 Å². The van der Waals surface area contributed by atoms with Gasteiger partial charge in [0.05, 0.1) is 46.9 Å². The molecule has 0 aliphatic carbocycles. The summed E-state index contributed by atoms with van der Waals surface area (Å²) in [6.45, 7) is 3.27. The lowest BCUT2D eigenvalue weighted by Gasteiger charge is -2.24. The first kappa shape index (κ1) is 30.1. The molecule has 1 N–H and O–H groups in total. The molecule has 0 aliphatic heterocycles. The van der Waals surface area contributed by atoms with Crippen molar-refractivity contribution in [3.05, 3.63) is 99.9 Å². The second kappa shape index (κ2) is 12.7. The molecule has 1 atom stereocenters. The predicted molar refractivity (Wildman–Crippen MR) is 151 cm³/mol. The van der Waals surface area contributed by atoms with E-state index in [4.69, 9.17) is 9.47 Å². The Morgan fingerprint density at radius 1 is 1.07 bits per heavy atom. The van der Waals surface area contributed by atoms with E-state index in [1.807, 2.05) is 6.07 Å². The van der Waals surface area contributed by atoms with Gasteiger partial charge >= 0.3 is 0 Å². The van der Waals surface area contributed by atoms with Gasteiger partial charge in [0.15, 0.2) is 4.90 Å². The van der Waals surface area contributed by atoms with Crippen LogP contribution >= 0.6 is 0 Å². The van der Waals surface area contributed by atoms with Crippen LogP contribution in [0.4, 0.5) is 0 Å². The number of nitriles is 2. The number of rotatable bonds is 10. The van der Waals surface area contributed by atoms with Gasteiger partial charge in [-0.05, 0) is 55.3 Å². The SMILES string of the molecule is COC[C@@H](c1cccc(C#N)c1)n1c(COC(C)C)nc(O)c(S(=O)(=O)c2ccc(-c3cnccc3C#N)cc2)c1=O. The Labute approximate surface area is 242 Å². The smallest absolute Gasteiger partial charge is 0.277 e. The van der Waals surface area contributed by atoms with Gasteiger partial charge in [0.1, 0.15) is 12.4 Å². The molecule has 2 aromatic carbocycles. The van der Waals surface area contributed by atoms with Gasteiger partial charge in [0.25, 0.3) is 5.56 Å². The third kappa shape index (κ3) is 6.06. The van der Waals surface area contributed by atoms with Gasteiger partial charge < -0.3 is 14.6 Å². The summed E-state index contributed by atoms with van der Waals surface area (Å²) < 4.78 is 39.8. The van der Waals surface area contributed by atoms with E-state index < -0.39 is 32.2 Å². The van der Waals surface area contributed by atoms with Crippen LogP contribution in [0.3, 0.4) is 0 Å². The zero-order valence-corrected chi connectivity index (χ0v) is 23.9. The van der Waals surface area contributed by atoms with E-state index in [-0.39, 0.29) is 30.0 Å². The summed E-state index contributed by atoms with van der Waals surface area (Å²) in [6.07, 6.45) is 2.71. The van der Waals surface area contributed by atoms with Gasteiger partial charge in [-0.3, -0.25) is 14.3 Å². The Kier molecular flexibility index (Phi) is 9.13. The Bertz CT molecular complexity index is 1860. The zero-order valence-electron chi connectivity index (χ0n) is 23.1. The van der Waals surface area contributed by atoms with Crippen molar-refractivity contribution < 1.29 is 23.0 Å². The summed E-state index contributed by atoms with van der Waals surface area (Å²) >= 11 is 0. The normalized spacial score (nSPS) is 12.0. The minimum absolute atomic E-state index is 0.0227. The average Bonchev–Trinajstić information content (AvgIpc) is 2.99. The summed E-state index contributed by atoms with van der Waals surface area (Å²) in [5.74, 6) is -0.992. The number of sulfone groups is 1. The van der Waals surface area contributed by atoms with Crippen molar-refractivity contribution in [3.63, 3.8) is 0 Å². The number of hydrogen-bond acceptors (Lipinski definition) is 10. The molecule has 0 unspecified atom stereocenters. The second-order valence-corrected chi connectivity index (χ2v) is 11.4. The highest BCUT2D eigenvalue weighted by Crippen LogP contribution is 2.30. The molecule has 0 radical (unpaired) electrons. The molecule has 4 aromatic rings. The van der Waals surface area contributed by atoms with Crippen molar-refractivity contribution in [2.75, 3.05) is 13.7 Å². The molecule has 0 spiro atoms. The summed E-state index contributed by atoms with van der Waals surface area (Å²) in [4.78, 5) is 21.0. The topological polar surface area (TPSA) is 168 Å². The highest BCUT2D eigenvalue weighted by atomic mass is 32.2. The number of methoxy groups -OCH3 is 1. The third-order valence-electron chi connectivity index (χ3n) is 6.40. The highest BCUT2D eigenvalue weighted by molar-refractivity contribution is 7.91. The first-order valence-electron chi connectivity index (χ1n) is 12.8. The van der Waals surface area contributed by atoms with Crippen molar-refractivity contribution in [3.8, 4) is 29.1 Å². The molecule has 0 saturated carbocycles. The maximum Gasteiger partial charge on any atom is 0.277 e. The van der Waals surface area contributed by atoms with Gasteiger partial charge in [0.2, 0.25) is 15.7 Å². The molecule has 42 heavy (non-hydrogen) atoms. The van der Waals surface area contributed by atoms with Crippen molar-refractivity contribution >= 4 is 9.84 Å². The summed E-state index contributed by atoms with van der Waals surface area (Å²) in [5, 5.41) is 29.7. The van der Waals surface area contributed by atoms with Gasteiger partial charge in [-0.1, -0.05) is 24.3 Å². The first-order chi connectivity index (χ1) is 20.1. The van der Waals surface area contributed by atoms with E-state index >= 15 is 0 Å². The molecule has 2 heterocycles. The van der Waals surface area contributed by atoms with Crippen LogP contribution in [-0.4, -0.2) is 47.9 Å². The molecular weight excluding hydrogens is 558 g/mol. The maximum absolute atomic E-state index is 14.1. The number of benzene rings is 2. The van der Waals surface area contributed by atoms with Crippen LogP contribution in [-0.2, 0) is 25.9 Å². The van der Waals surface area contributed by atoms with Gasteiger partial charge in [-0.25, -0.2) is 8.42 Å². The first-order valence-corrected chi connectivity index (χ1v) is 14.2. The van der Waals surface area contributed by atoms with Crippen LogP contribution in [0.25, 0.3) is 11.1 Å². The quantitative estimate of drug-likeness (QED) is 0.289. The minimum Gasteiger partial charge on any atom is -0.492 e. The van der Waals surface area contributed by atoms with Gasteiger partial charge in [0, 0.05) is 25.1 Å². The number of pyridine rings is 1. The number of aromatic nitrogens is 3. The van der Waals surface area contributed by atoms with Crippen LogP contribution in [0.15, 0.2) is 81.6 Å². The highest BCUT2D eigenvalue weighted by Gasteiger charge is 2.32. The van der Waals surface area contributed by atoms with Crippen LogP contribution < -0.4 is 5.56 Å². The Morgan fingerprint density at radius 2 is 1.81 bits per heavy atom. The third-order valence-corrected chi connectivity index (χ3v) is 8.18. The van der Waals surface area contributed by atoms with E-state index in [9.17, 15) is 28.8 Å². The maximum atomic E-state index is 14.1. The molecule has 4 rings (SSSR count). The standard InChI is InChI=1S/C30H27N5O6S/c1-19(2)41-18-27-34-29(36)28(30(37)35(27)26(17-40-3)22-6-4-5-20(13-22)14-31)42(38,39)24-9-7-21(8-10-24)25-16-33-12-11-23(25)15-32/h4-13,16,19,26,36H,17-18H2,1-3H3/t26-/m0/s1. The Morgan fingerprint density at radius 3 is 2.45 bits per heavy atom. The fourth-order valence-corrected chi connectivity index (χ4v) is 5.74. The van der Waals surface area contributed by atoms with E-state index in [1.54, 1.807) is 44.2 Å². The summed E-state index contributed by atoms with van der Waals surface area (Å²) in [6, 6.07) is 16.8. The minimum atomic E-state index is -4.59. The van der Waals surface area contributed by atoms with E-state index in [0.717, 1.165) is 4.57 Å². The molecule has 0 bridgehead atoms. The Balaban J connectivity index is 1.90. The lowest BCUT2D eigenvalue weighted by Crippen LogP contribution is -2.35. The number of hydrogen-bond donors (Lipinski definition) is 1. The predicted octanol–water partition coefficient (Wildman–Crippen LogP) is 3.75. The van der Waals surface area contributed by atoms with Gasteiger partial charge in [-0.2, -0.15) is 15.5 Å². The van der Waals surface area contributed by atoms with Gasteiger partial charge in [-0.15, -0.1) is 0 Å². The number of nitrogens with zero attached hydrogens (tertiary/aromatic N) is 5. The molecule has 2 aromatic heterocycles. The fraction of sp³-hybridized carbons (Fsp3) is 0.233. The molecule has 0 fully saturated rings. The van der Waals surface area contributed by atoms with E-state index in [1.165, 1.54) is 43.8 Å². The van der Waals surface area contributed by atoms with Crippen molar-refractivity contribution in [2.45, 2.75) is 42.4 Å². The monoisotopic (exact) mass is 585 g/mol. The van der Waals surface area contributed by atoms with Crippen molar-refractivity contribution in [1.82, 2.24) is 14.5 Å². The lowest BCUT2D eigenvalue weighted by atomic mass is 10.0. The van der Waals surface area contributed by atoms with Crippen LogP contribution in [0.2, 0.25) is 0 Å².